The second-order valence-corrected chi connectivity index (χ2v) is 21.1. The Kier molecular flexibility index (Phi) is 10.1. The van der Waals surface area contributed by atoms with Gasteiger partial charge in [0.25, 0.3) is 0 Å². The maximum absolute atomic E-state index is 7.11. The summed E-state index contributed by atoms with van der Waals surface area (Å²) < 4.78 is 15.0. The number of furan rings is 2. The molecule has 0 aliphatic rings. The fourth-order valence-corrected chi connectivity index (χ4v) is 12.7. The van der Waals surface area contributed by atoms with Gasteiger partial charge in [0.05, 0.1) is 11.4 Å². The van der Waals surface area contributed by atoms with Crippen LogP contribution in [0.5, 0.6) is 0 Å². The number of fused-ring (bicyclic) bond motifs is 6. The molecule has 2 heterocycles. The minimum absolute atomic E-state index is 0.0241. The van der Waals surface area contributed by atoms with E-state index in [0.29, 0.717) is 0 Å². The van der Waals surface area contributed by atoms with Gasteiger partial charge in [-0.05, 0) is 48.4 Å². The molecule has 4 nitrogen and oxygen atoms in total. The summed E-state index contributed by atoms with van der Waals surface area (Å²) in [5.41, 5.74) is 17.0. The molecule has 0 fully saturated rings. The van der Waals surface area contributed by atoms with Crippen LogP contribution < -0.4 is 31.0 Å². The van der Waals surface area contributed by atoms with Crippen molar-refractivity contribution in [1.82, 2.24) is 0 Å². The third-order valence-corrected chi connectivity index (χ3v) is 16.1. The Balaban J connectivity index is 1.03. The Bertz CT molecular complexity index is 4400. The van der Waals surface area contributed by atoms with Gasteiger partial charge in [-0.1, -0.05) is 103 Å². The fraction of sp³-hybridized carbons (Fsp3) is 0.0448. The van der Waals surface area contributed by atoms with Crippen LogP contribution >= 0.6 is 0 Å². The van der Waals surface area contributed by atoms with Crippen molar-refractivity contribution in [3.63, 3.8) is 0 Å². The number of alkyl halides is 2. The van der Waals surface area contributed by atoms with E-state index in [9.17, 15) is 0 Å². The van der Waals surface area contributed by atoms with Gasteiger partial charge in [-0.25, -0.2) is 0 Å². The summed E-state index contributed by atoms with van der Waals surface area (Å²) in [6.45, 7) is 2.16. The molecule has 5 heteroatoms. The molecule has 14 rings (SSSR count). The zero-order valence-corrected chi connectivity index (χ0v) is 41.9. The minimum atomic E-state index is 0.0241. The van der Waals surface area contributed by atoms with Gasteiger partial charge in [-0.3, -0.25) is 0 Å². The number of halogens is 1. The normalized spacial score (nSPS) is 11.9. The first kappa shape index (κ1) is 42.5. The van der Waals surface area contributed by atoms with Crippen molar-refractivity contribution in [2.75, 3.05) is 14.7 Å². The van der Waals surface area contributed by atoms with E-state index < -0.39 is 0 Å². The van der Waals surface area contributed by atoms with Crippen LogP contribution in [0.25, 0.3) is 98.4 Å². The van der Waals surface area contributed by atoms with Crippen LogP contribution in [0.15, 0.2) is 239 Å². The van der Waals surface area contributed by atoms with E-state index in [1.165, 1.54) is 43.8 Å². The van der Waals surface area contributed by atoms with Crippen LogP contribution in [-0.4, -0.2) is 4.93 Å². The molecule has 0 N–H and O–H groups in total. The summed E-state index contributed by atoms with van der Waals surface area (Å²) in [5, 5.41) is 11.6. The zero-order valence-electron chi connectivity index (χ0n) is 39.7. The monoisotopic (exact) mass is 1040 g/mol. The number of rotatable bonds is 10. The van der Waals surface area contributed by atoms with Gasteiger partial charge in [-0.2, -0.15) is 0 Å². The third-order valence-electron chi connectivity index (χ3n) is 14.5. The molecule has 0 aliphatic heterocycles. The van der Waals surface area contributed by atoms with Gasteiger partial charge in [0.2, 0.25) is 0 Å². The molecular formula is C67H46IN2O2-. The summed E-state index contributed by atoms with van der Waals surface area (Å²) >= 11 is 0.0241. The molecule has 0 amide bonds. The van der Waals surface area contributed by atoms with Gasteiger partial charge in [0.1, 0.15) is 5.58 Å². The summed E-state index contributed by atoms with van der Waals surface area (Å²) in [6, 6.07) is 83.9. The molecule has 72 heavy (non-hydrogen) atoms. The molecule has 14 aromatic rings. The van der Waals surface area contributed by atoms with Crippen LogP contribution in [0.3, 0.4) is 0 Å². The summed E-state index contributed by atoms with van der Waals surface area (Å²) in [5.74, 6) is 0. The van der Waals surface area contributed by atoms with Crippen molar-refractivity contribution < 1.29 is 30.0 Å². The Morgan fingerprint density at radius 2 is 0.847 bits per heavy atom. The first-order chi connectivity index (χ1) is 35.6. The quantitative estimate of drug-likeness (QED) is 0.0776. The Hall–Kier alpha value is -8.39. The summed E-state index contributed by atoms with van der Waals surface area (Å²) in [4.78, 5) is 7.18. The van der Waals surface area contributed by atoms with Crippen LogP contribution in [0.1, 0.15) is 11.1 Å². The van der Waals surface area contributed by atoms with Crippen LogP contribution in [0.2, 0.25) is 0 Å². The molecule has 0 radical (unpaired) electrons. The molecule has 344 valence electrons. The predicted molar refractivity (Wildman–Crippen MR) is 299 cm³/mol. The average molecular weight is 1040 g/mol. The van der Waals surface area contributed by atoms with Crippen molar-refractivity contribution in [2.24, 2.45) is 0 Å². The number of para-hydroxylation sites is 4. The molecule has 2 aromatic heterocycles. The van der Waals surface area contributed by atoms with Gasteiger partial charge in [0, 0.05) is 16.5 Å². The van der Waals surface area contributed by atoms with Crippen LogP contribution in [-0.2, 0) is 4.43 Å². The Morgan fingerprint density at radius 1 is 0.361 bits per heavy atom. The number of nitrogens with zero attached hydrogens (tertiary/aromatic N) is 2. The Morgan fingerprint density at radius 3 is 1.49 bits per heavy atom. The molecule has 0 bridgehead atoms. The van der Waals surface area contributed by atoms with Crippen molar-refractivity contribution >= 4 is 110 Å². The first-order valence-electron chi connectivity index (χ1n) is 24.5. The number of aryl methyl sites for hydroxylation is 1. The molecular weight excluding hydrogens is 992 g/mol. The van der Waals surface area contributed by atoms with E-state index in [1.807, 2.05) is 6.07 Å². The topological polar surface area (TPSA) is 32.8 Å². The summed E-state index contributed by atoms with van der Waals surface area (Å²) in [7, 11) is 0. The maximum atomic E-state index is 7.11. The van der Waals surface area contributed by atoms with Gasteiger partial charge in [-0.15, -0.1) is 0 Å². The second kappa shape index (κ2) is 17.2. The van der Waals surface area contributed by atoms with E-state index in [1.54, 1.807) is 0 Å². The molecule has 0 saturated carbocycles. The standard InChI is InChI=1S/C67H46IN2O2/c1-42-14-8-17-46(38-42)48-19-10-22-51(40-48)69(60-27-12-25-53-52-23-6-7-29-62(52)71-66(53)60)58-36-32-44-31-35-57-59(37-33-45-30-34-56(58)63(44)64(45)57)70(50-21-9-18-47(39-50)43-15-4-3-5-16-43)61-28-13-26-55-54-24-11-20-49(41-68-2)65(54)72-67(55)61/h3-40H,41H2,1-2H3/q-1. The van der Waals surface area contributed by atoms with Crippen molar-refractivity contribution in [3.8, 4) is 22.3 Å². The van der Waals surface area contributed by atoms with E-state index in [0.717, 1.165) is 104 Å². The number of benzene rings is 12. The number of hydrogen-bond donors (Lipinski definition) is 0. The van der Waals surface area contributed by atoms with Crippen molar-refractivity contribution in [2.45, 2.75) is 11.4 Å². The third kappa shape index (κ3) is 6.86. The van der Waals surface area contributed by atoms with Crippen LogP contribution in [0.4, 0.5) is 34.1 Å². The molecule has 0 saturated heterocycles. The molecule has 12 aromatic carbocycles. The van der Waals surface area contributed by atoms with Gasteiger partial charge >= 0.3 is 231 Å². The average Bonchev–Trinajstić information content (AvgIpc) is 4.02. The molecule has 0 spiro atoms. The predicted octanol–water partition coefficient (Wildman–Crippen LogP) is 16.2. The van der Waals surface area contributed by atoms with Gasteiger partial charge in [0.15, 0.2) is 5.58 Å². The van der Waals surface area contributed by atoms with E-state index >= 15 is 0 Å². The molecule has 0 aliphatic carbocycles. The van der Waals surface area contributed by atoms with Gasteiger partial charge < -0.3 is 9.32 Å². The van der Waals surface area contributed by atoms with Crippen molar-refractivity contribution in [1.29, 1.82) is 0 Å². The van der Waals surface area contributed by atoms with Crippen molar-refractivity contribution in [3.05, 3.63) is 242 Å². The Labute approximate surface area is 427 Å². The second-order valence-electron chi connectivity index (χ2n) is 18.8. The van der Waals surface area contributed by atoms with E-state index in [2.05, 4.69) is 246 Å². The SMILES string of the molecule is C[I-]Cc1cccc2c1oc1c(N(c3cccc(-c4ccccc4)c3)c3ccc4ccc5c(N(c6cccc(-c7cccc(C)c7)c6)c6cccc7c6oc6ccccc67)ccc6ccc3c4c65)cccc12. The van der Waals surface area contributed by atoms with E-state index in [-0.39, 0.29) is 21.2 Å². The first-order valence-corrected chi connectivity index (χ1v) is 28.2. The number of hydrogen-bond acceptors (Lipinski definition) is 4. The number of anilines is 6. The molecule has 0 atom stereocenters. The fourth-order valence-electron chi connectivity index (χ4n) is 11.3. The summed E-state index contributed by atoms with van der Waals surface area (Å²) in [6.07, 6.45) is 0. The van der Waals surface area contributed by atoms with Crippen LogP contribution in [0, 0.1) is 6.92 Å². The zero-order chi connectivity index (χ0) is 47.9. The molecule has 0 unspecified atom stereocenters. The van der Waals surface area contributed by atoms with E-state index in [4.69, 9.17) is 8.83 Å².